The number of amides is 1. The SMILES string of the molecule is COc1ccc(-c2nn(-c3ccccc3)cc2C(=O)NCc2cccnc2)cc1. The van der Waals surface area contributed by atoms with Crippen LogP contribution in [0.5, 0.6) is 5.75 Å². The van der Waals surface area contributed by atoms with Crippen LogP contribution in [0.2, 0.25) is 0 Å². The fraction of sp³-hybridized carbons (Fsp3) is 0.0870. The van der Waals surface area contributed by atoms with Crippen molar-refractivity contribution in [1.82, 2.24) is 20.1 Å². The van der Waals surface area contributed by atoms with Crippen LogP contribution in [0.3, 0.4) is 0 Å². The Morgan fingerprint density at radius 3 is 2.52 bits per heavy atom. The van der Waals surface area contributed by atoms with Crippen LogP contribution in [0, 0.1) is 0 Å². The first-order valence-electron chi connectivity index (χ1n) is 9.21. The third kappa shape index (κ3) is 4.16. The average Bonchev–Trinajstić information content (AvgIpc) is 3.24. The number of aromatic nitrogens is 3. The molecular formula is C23H20N4O2. The third-order valence-electron chi connectivity index (χ3n) is 4.52. The van der Waals surface area contributed by atoms with Crippen LogP contribution in [-0.2, 0) is 6.54 Å². The van der Waals surface area contributed by atoms with Crippen molar-refractivity contribution in [2.45, 2.75) is 6.54 Å². The number of rotatable bonds is 6. The molecule has 0 aliphatic rings. The van der Waals surface area contributed by atoms with Crippen LogP contribution in [-0.4, -0.2) is 27.8 Å². The van der Waals surface area contributed by atoms with E-state index in [4.69, 9.17) is 4.74 Å². The van der Waals surface area contributed by atoms with Crippen molar-refractivity contribution in [2.24, 2.45) is 0 Å². The normalized spacial score (nSPS) is 10.5. The maximum absolute atomic E-state index is 13.0. The van der Waals surface area contributed by atoms with E-state index >= 15 is 0 Å². The van der Waals surface area contributed by atoms with Crippen LogP contribution in [0.4, 0.5) is 0 Å². The molecule has 1 N–H and O–H groups in total. The van der Waals surface area contributed by atoms with Gasteiger partial charge in [0.15, 0.2) is 0 Å². The second kappa shape index (κ2) is 8.39. The molecular weight excluding hydrogens is 364 g/mol. The molecule has 0 radical (unpaired) electrons. The van der Waals surface area contributed by atoms with Crippen LogP contribution in [0.1, 0.15) is 15.9 Å². The van der Waals surface area contributed by atoms with Crippen molar-refractivity contribution in [1.29, 1.82) is 0 Å². The predicted octanol–water partition coefficient (Wildman–Crippen LogP) is 3.87. The highest BCUT2D eigenvalue weighted by Crippen LogP contribution is 2.26. The average molecular weight is 384 g/mol. The van der Waals surface area contributed by atoms with Crippen molar-refractivity contribution in [3.8, 4) is 22.7 Å². The molecule has 0 bridgehead atoms. The zero-order valence-electron chi connectivity index (χ0n) is 15.9. The Balaban J connectivity index is 1.68. The van der Waals surface area contributed by atoms with Gasteiger partial charge in [-0.1, -0.05) is 24.3 Å². The zero-order valence-corrected chi connectivity index (χ0v) is 15.9. The second-order valence-corrected chi connectivity index (χ2v) is 6.44. The summed E-state index contributed by atoms with van der Waals surface area (Å²) in [7, 11) is 1.62. The molecule has 2 aromatic heterocycles. The van der Waals surface area contributed by atoms with Crippen molar-refractivity contribution in [3.05, 3.63) is 96.4 Å². The Hall–Kier alpha value is -3.93. The summed E-state index contributed by atoms with van der Waals surface area (Å²) in [5.41, 5.74) is 3.77. The second-order valence-electron chi connectivity index (χ2n) is 6.44. The summed E-state index contributed by atoms with van der Waals surface area (Å²) in [6.45, 7) is 0.394. The molecule has 0 aliphatic carbocycles. The molecule has 4 rings (SSSR count). The number of carbonyl (C=O) groups excluding carboxylic acids is 1. The first-order valence-corrected chi connectivity index (χ1v) is 9.21. The van der Waals surface area contributed by atoms with Gasteiger partial charge >= 0.3 is 0 Å². The van der Waals surface area contributed by atoms with E-state index < -0.39 is 0 Å². The monoisotopic (exact) mass is 384 g/mol. The lowest BCUT2D eigenvalue weighted by Gasteiger charge is -2.06. The minimum atomic E-state index is -0.193. The molecule has 0 unspecified atom stereocenters. The van der Waals surface area contributed by atoms with Gasteiger partial charge < -0.3 is 10.1 Å². The summed E-state index contributed by atoms with van der Waals surface area (Å²) >= 11 is 0. The molecule has 0 spiro atoms. The Kier molecular flexibility index (Phi) is 5.33. The van der Waals surface area contributed by atoms with Gasteiger partial charge in [-0.15, -0.1) is 0 Å². The highest BCUT2D eigenvalue weighted by molar-refractivity contribution is 5.99. The number of nitrogens with one attached hydrogen (secondary N) is 1. The van der Waals surface area contributed by atoms with Crippen molar-refractivity contribution in [2.75, 3.05) is 7.11 Å². The number of para-hydroxylation sites is 1. The smallest absolute Gasteiger partial charge is 0.255 e. The lowest BCUT2D eigenvalue weighted by Crippen LogP contribution is -2.23. The maximum Gasteiger partial charge on any atom is 0.255 e. The highest BCUT2D eigenvalue weighted by atomic mass is 16.5. The van der Waals surface area contributed by atoms with E-state index in [1.807, 2.05) is 66.7 Å². The number of benzene rings is 2. The van der Waals surface area contributed by atoms with Crippen LogP contribution in [0.15, 0.2) is 85.3 Å². The first kappa shape index (κ1) is 18.4. The summed E-state index contributed by atoms with van der Waals surface area (Å²) in [5, 5.41) is 7.64. The zero-order chi connectivity index (χ0) is 20.1. The Morgan fingerprint density at radius 2 is 1.83 bits per heavy atom. The van der Waals surface area contributed by atoms with Gasteiger partial charge in [-0.25, -0.2) is 4.68 Å². The number of nitrogens with zero attached hydrogens (tertiary/aromatic N) is 3. The minimum absolute atomic E-state index is 0.193. The first-order chi connectivity index (χ1) is 14.2. The fourth-order valence-electron chi connectivity index (χ4n) is 3.00. The molecule has 0 fully saturated rings. The lowest BCUT2D eigenvalue weighted by molar-refractivity contribution is 0.0951. The van der Waals surface area contributed by atoms with Crippen LogP contribution in [0.25, 0.3) is 16.9 Å². The maximum atomic E-state index is 13.0. The lowest BCUT2D eigenvalue weighted by atomic mass is 10.1. The summed E-state index contributed by atoms with van der Waals surface area (Å²) in [5.74, 6) is 0.556. The Labute approximate surface area is 168 Å². The van der Waals surface area contributed by atoms with Crippen molar-refractivity contribution < 1.29 is 9.53 Å². The summed E-state index contributed by atoms with van der Waals surface area (Å²) in [6, 6.07) is 21.0. The van der Waals surface area contributed by atoms with E-state index in [2.05, 4.69) is 15.4 Å². The Bertz CT molecular complexity index is 1090. The van der Waals surface area contributed by atoms with E-state index in [1.54, 1.807) is 30.4 Å². The molecule has 144 valence electrons. The van der Waals surface area contributed by atoms with E-state index in [9.17, 15) is 4.79 Å². The molecule has 0 saturated heterocycles. The van der Waals surface area contributed by atoms with Crippen LogP contribution >= 0.6 is 0 Å². The van der Waals surface area contributed by atoms with Gasteiger partial charge in [0.2, 0.25) is 0 Å². The molecule has 6 heteroatoms. The van der Waals surface area contributed by atoms with Crippen molar-refractivity contribution in [3.63, 3.8) is 0 Å². The minimum Gasteiger partial charge on any atom is -0.497 e. The number of carbonyl (C=O) groups is 1. The number of hydrogen-bond donors (Lipinski definition) is 1. The van der Waals surface area contributed by atoms with Crippen molar-refractivity contribution >= 4 is 5.91 Å². The predicted molar refractivity (Wildman–Crippen MR) is 111 cm³/mol. The van der Waals surface area contributed by atoms with E-state index in [0.717, 1.165) is 22.6 Å². The molecule has 29 heavy (non-hydrogen) atoms. The molecule has 4 aromatic rings. The van der Waals surface area contributed by atoms with Gasteiger partial charge in [-0.2, -0.15) is 5.10 Å². The third-order valence-corrected chi connectivity index (χ3v) is 4.52. The summed E-state index contributed by atoms with van der Waals surface area (Å²) in [6.07, 6.45) is 5.20. The van der Waals surface area contributed by atoms with E-state index in [1.165, 1.54) is 0 Å². The molecule has 0 atom stereocenters. The van der Waals surface area contributed by atoms with Gasteiger partial charge in [0.1, 0.15) is 11.4 Å². The van der Waals surface area contributed by atoms with Gasteiger partial charge in [0, 0.05) is 30.7 Å². The molecule has 6 nitrogen and oxygen atoms in total. The van der Waals surface area contributed by atoms with Gasteiger partial charge in [0.05, 0.1) is 18.4 Å². The molecule has 0 saturated carbocycles. The van der Waals surface area contributed by atoms with Gasteiger partial charge in [-0.3, -0.25) is 9.78 Å². The summed E-state index contributed by atoms with van der Waals surface area (Å²) < 4.78 is 6.95. The highest BCUT2D eigenvalue weighted by Gasteiger charge is 2.18. The number of hydrogen-bond acceptors (Lipinski definition) is 4. The number of pyridine rings is 1. The number of methoxy groups -OCH3 is 1. The Morgan fingerprint density at radius 1 is 1.03 bits per heavy atom. The molecule has 0 aliphatic heterocycles. The molecule has 2 aromatic carbocycles. The quantitative estimate of drug-likeness (QED) is 0.548. The van der Waals surface area contributed by atoms with Gasteiger partial charge in [-0.05, 0) is 48.0 Å². The largest absolute Gasteiger partial charge is 0.497 e. The number of ether oxygens (including phenoxy) is 1. The summed E-state index contributed by atoms with van der Waals surface area (Å²) in [4.78, 5) is 17.1. The molecule has 2 heterocycles. The van der Waals surface area contributed by atoms with E-state index in [-0.39, 0.29) is 5.91 Å². The molecule has 1 amide bonds. The van der Waals surface area contributed by atoms with E-state index in [0.29, 0.717) is 17.8 Å². The topological polar surface area (TPSA) is 69.0 Å². The van der Waals surface area contributed by atoms with Crippen LogP contribution < -0.4 is 10.1 Å². The fourth-order valence-corrected chi connectivity index (χ4v) is 3.00. The van der Waals surface area contributed by atoms with Gasteiger partial charge in [0.25, 0.3) is 5.91 Å². The standard InChI is InChI=1S/C23H20N4O2/c1-29-20-11-9-18(10-12-20)22-21(16-27(26-22)19-7-3-2-4-8-19)23(28)25-15-17-6-5-13-24-14-17/h2-14,16H,15H2,1H3,(H,25,28).